The highest BCUT2D eigenvalue weighted by Gasteiger charge is 2.26. The van der Waals surface area contributed by atoms with Crippen LogP contribution in [0, 0.1) is 0 Å². The SMILES string of the molecule is NCCN(CCO)C1CCc2ccccc21. The molecule has 88 valence electrons. The van der Waals surface area contributed by atoms with E-state index >= 15 is 0 Å². The lowest BCUT2D eigenvalue weighted by atomic mass is 10.1. The zero-order valence-electron chi connectivity index (χ0n) is 9.60. The molecule has 1 atom stereocenters. The lowest BCUT2D eigenvalue weighted by Crippen LogP contribution is -2.34. The minimum Gasteiger partial charge on any atom is -0.395 e. The highest BCUT2D eigenvalue weighted by Crippen LogP contribution is 2.35. The Balaban J connectivity index is 2.15. The number of nitrogens with zero attached hydrogens (tertiary/aromatic N) is 1. The van der Waals surface area contributed by atoms with Crippen molar-refractivity contribution in [3.8, 4) is 0 Å². The molecule has 0 aliphatic heterocycles. The quantitative estimate of drug-likeness (QED) is 0.776. The first-order valence-electron chi connectivity index (χ1n) is 5.99. The van der Waals surface area contributed by atoms with Crippen LogP contribution in [0.2, 0.25) is 0 Å². The molecule has 16 heavy (non-hydrogen) atoms. The Hall–Kier alpha value is -0.900. The smallest absolute Gasteiger partial charge is 0.0558 e. The summed E-state index contributed by atoms with van der Waals surface area (Å²) in [6.45, 7) is 2.44. The average molecular weight is 220 g/mol. The van der Waals surface area contributed by atoms with Crippen molar-refractivity contribution in [2.24, 2.45) is 5.73 Å². The molecule has 0 heterocycles. The van der Waals surface area contributed by atoms with Crippen LogP contribution in [0.4, 0.5) is 0 Å². The van der Waals surface area contributed by atoms with Gasteiger partial charge < -0.3 is 10.8 Å². The normalized spacial score (nSPS) is 19.1. The van der Waals surface area contributed by atoms with Crippen molar-refractivity contribution in [2.45, 2.75) is 18.9 Å². The molecule has 2 rings (SSSR count). The number of nitrogens with two attached hydrogens (primary N) is 1. The van der Waals surface area contributed by atoms with E-state index < -0.39 is 0 Å². The maximum absolute atomic E-state index is 9.09. The van der Waals surface area contributed by atoms with Crippen LogP contribution in [-0.2, 0) is 6.42 Å². The van der Waals surface area contributed by atoms with E-state index in [1.165, 1.54) is 11.1 Å². The van der Waals surface area contributed by atoms with E-state index in [-0.39, 0.29) is 6.61 Å². The van der Waals surface area contributed by atoms with Crippen LogP contribution in [-0.4, -0.2) is 36.2 Å². The number of hydrogen-bond donors (Lipinski definition) is 2. The summed E-state index contributed by atoms with van der Waals surface area (Å²) in [6.07, 6.45) is 2.30. The number of fused-ring (bicyclic) bond motifs is 1. The number of hydrogen-bond acceptors (Lipinski definition) is 3. The van der Waals surface area contributed by atoms with Gasteiger partial charge in [-0.15, -0.1) is 0 Å². The zero-order chi connectivity index (χ0) is 11.4. The van der Waals surface area contributed by atoms with Gasteiger partial charge in [0, 0.05) is 25.7 Å². The summed E-state index contributed by atoms with van der Waals surface area (Å²) >= 11 is 0. The van der Waals surface area contributed by atoms with Crippen LogP contribution in [0.3, 0.4) is 0 Å². The molecule has 1 unspecified atom stereocenters. The molecule has 3 heteroatoms. The first-order valence-corrected chi connectivity index (χ1v) is 5.99. The average Bonchev–Trinajstić information content (AvgIpc) is 2.72. The largest absolute Gasteiger partial charge is 0.395 e. The van der Waals surface area contributed by atoms with Gasteiger partial charge >= 0.3 is 0 Å². The molecule has 1 aromatic rings. The maximum Gasteiger partial charge on any atom is 0.0558 e. The van der Waals surface area contributed by atoms with E-state index in [1.807, 2.05) is 0 Å². The van der Waals surface area contributed by atoms with Crippen molar-refractivity contribution in [3.63, 3.8) is 0 Å². The fourth-order valence-corrected chi connectivity index (χ4v) is 2.63. The van der Waals surface area contributed by atoms with Gasteiger partial charge in [-0.25, -0.2) is 0 Å². The number of aryl methyl sites for hydroxylation is 1. The molecular weight excluding hydrogens is 200 g/mol. The summed E-state index contributed by atoms with van der Waals surface area (Å²) in [6, 6.07) is 9.05. The van der Waals surface area contributed by atoms with Crippen molar-refractivity contribution in [1.29, 1.82) is 0 Å². The van der Waals surface area contributed by atoms with Gasteiger partial charge in [0.05, 0.1) is 6.61 Å². The first kappa shape index (κ1) is 11.6. The standard InChI is InChI=1S/C13H20N2O/c14-7-8-15(9-10-16)13-6-5-11-3-1-2-4-12(11)13/h1-4,13,16H,5-10,14H2. The second kappa shape index (κ2) is 5.43. The second-order valence-electron chi connectivity index (χ2n) is 4.30. The second-order valence-corrected chi connectivity index (χ2v) is 4.30. The Morgan fingerprint density at radius 1 is 1.31 bits per heavy atom. The van der Waals surface area contributed by atoms with Gasteiger partial charge in [0.15, 0.2) is 0 Å². The van der Waals surface area contributed by atoms with Gasteiger partial charge in [-0.3, -0.25) is 4.90 Å². The third-order valence-electron chi connectivity index (χ3n) is 3.35. The van der Waals surface area contributed by atoms with E-state index in [0.29, 0.717) is 12.6 Å². The van der Waals surface area contributed by atoms with E-state index in [1.54, 1.807) is 0 Å². The minimum absolute atomic E-state index is 0.207. The molecule has 0 saturated carbocycles. The fourth-order valence-electron chi connectivity index (χ4n) is 2.63. The molecule has 0 bridgehead atoms. The summed E-state index contributed by atoms with van der Waals surface area (Å²) in [4.78, 5) is 2.30. The van der Waals surface area contributed by atoms with Crippen LogP contribution >= 0.6 is 0 Å². The Kier molecular flexibility index (Phi) is 3.93. The number of benzene rings is 1. The molecule has 0 fully saturated rings. The van der Waals surface area contributed by atoms with Crippen LogP contribution in [0.25, 0.3) is 0 Å². The Labute approximate surface area is 96.9 Å². The molecule has 1 aromatic carbocycles. The summed E-state index contributed by atoms with van der Waals surface area (Å²) in [5.41, 5.74) is 8.50. The van der Waals surface area contributed by atoms with Gasteiger partial charge in [-0.1, -0.05) is 24.3 Å². The van der Waals surface area contributed by atoms with E-state index in [4.69, 9.17) is 10.8 Å². The molecule has 1 aliphatic carbocycles. The molecular formula is C13H20N2O. The van der Waals surface area contributed by atoms with E-state index in [0.717, 1.165) is 25.9 Å². The van der Waals surface area contributed by atoms with Gasteiger partial charge in [0.25, 0.3) is 0 Å². The lowest BCUT2D eigenvalue weighted by Gasteiger charge is -2.28. The number of aliphatic hydroxyl groups is 1. The molecule has 0 saturated heterocycles. The van der Waals surface area contributed by atoms with Gasteiger partial charge in [0.2, 0.25) is 0 Å². The number of aliphatic hydroxyl groups excluding tert-OH is 1. The molecule has 0 amide bonds. The zero-order valence-corrected chi connectivity index (χ0v) is 9.60. The topological polar surface area (TPSA) is 49.5 Å². The number of rotatable bonds is 5. The van der Waals surface area contributed by atoms with Crippen LogP contribution in [0.15, 0.2) is 24.3 Å². The Bertz CT molecular complexity index is 334. The van der Waals surface area contributed by atoms with Crippen molar-refractivity contribution < 1.29 is 5.11 Å². The molecule has 0 aromatic heterocycles. The Morgan fingerprint density at radius 3 is 2.88 bits per heavy atom. The van der Waals surface area contributed by atoms with Gasteiger partial charge in [0.1, 0.15) is 0 Å². The minimum atomic E-state index is 0.207. The molecule has 0 spiro atoms. The van der Waals surface area contributed by atoms with Crippen molar-refractivity contribution in [2.75, 3.05) is 26.2 Å². The van der Waals surface area contributed by atoms with E-state index in [9.17, 15) is 0 Å². The van der Waals surface area contributed by atoms with Gasteiger partial charge in [-0.05, 0) is 24.0 Å². The highest BCUT2D eigenvalue weighted by atomic mass is 16.3. The predicted molar refractivity (Wildman–Crippen MR) is 65.2 cm³/mol. The Morgan fingerprint density at radius 2 is 2.12 bits per heavy atom. The van der Waals surface area contributed by atoms with Crippen LogP contribution in [0.1, 0.15) is 23.6 Å². The fraction of sp³-hybridized carbons (Fsp3) is 0.538. The van der Waals surface area contributed by atoms with Gasteiger partial charge in [-0.2, -0.15) is 0 Å². The van der Waals surface area contributed by atoms with Crippen molar-refractivity contribution in [1.82, 2.24) is 4.90 Å². The van der Waals surface area contributed by atoms with Crippen molar-refractivity contribution >= 4 is 0 Å². The lowest BCUT2D eigenvalue weighted by molar-refractivity contribution is 0.153. The molecule has 3 N–H and O–H groups in total. The summed E-state index contributed by atoms with van der Waals surface area (Å²) in [5, 5.41) is 9.09. The predicted octanol–water partition coefficient (Wildman–Crippen LogP) is 0.927. The first-order chi connectivity index (χ1) is 7.86. The summed E-state index contributed by atoms with van der Waals surface area (Å²) in [5.74, 6) is 0. The molecule has 3 nitrogen and oxygen atoms in total. The van der Waals surface area contributed by atoms with Crippen molar-refractivity contribution in [3.05, 3.63) is 35.4 Å². The summed E-state index contributed by atoms with van der Waals surface area (Å²) in [7, 11) is 0. The van der Waals surface area contributed by atoms with Crippen LogP contribution < -0.4 is 5.73 Å². The van der Waals surface area contributed by atoms with E-state index in [2.05, 4.69) is 29.2 Å². The summed E-state index contributed by atoms with van der Waals surface area (Å²) < 4.78 is 0. The third-order valence-corrected chi connectivity index (χ3v) is 3.35. The molecule has 0 radical (unpaired) electrons. The van der Waals surface area contributed by atoms with Crippen LogP contribution in [0.5, 0.6) is 0 Å². The maximum atomic E-state index is 9.09. The monoisotopic (exact) mass is 220 g/mol. The highest BCUT2D eigenvalue weighted by molar-refractivity contribution is 5.34. The third kappa shape index (κ3) is 2.26. The molecule has 1 aliphatic rings.